The van der Waals surface area contributed by atoms with Crippen molar-refractivity contribution in [1.82, 2.24) is 4.90 Å². The Hall–Kier alpha value is -4.20. The van der Waals surface area contributed by atoms with Gasteiger partial charge in [-0.25, -0.2) is 9.59 Å². The first-order valence-electron chi connectivity index (χ1n) is 13.4. The predicted octanol–water partition coefficient (Wildman–Crippen LogP) is 6.93. The summed E-state index contributed by atoms with van der Waals surface area (Å²) in [6.45, 7) is 3.51. The number of hydrogen-bond donors (Lipinski definition) is 5. The molecular formula is C30H40N6O2. The number of benzene rings is 3. The van der Waals surface area contributed by atoms with Gasteiger partial charge in [-0.3, -0.25) is 0 Å². The second-order valence-corrected chi connectivity index (χ2v) is 9.42. The molecule has 0 unspecified atom stereocenters. The Morgan fingerprint density at radius 3 is 1.92 bits per heavy atom. The topological polar surface area (TPSA) is 126 Å². The van der Waals surface area contributed by atoms with Crippen LogP contribution < -0.4 is 27.4 Å². The molecule has 3 aromatic rings. The lowest BCUT2D eigenvalue weighted by molar-refractivity contribution is 0.209. The van der Waals surface area contributed by atoms with E-state index in [0.29, 0.717) is 30.2 Å². The van der Waals surface area contributed by atoms with Crippen molar-refractivity contribution in [2.24, 2.45) is 0 Å². The maximum Gasteiger partial charge on any atom is 0.323 e. The summed E-state index contributed by atoms with van der Waals surface area (Å²) in [6, 6.07) is 21.5. The highest BCUT2D eigenvalue weighted by Gasteiger charge is 2.14. The average molecular weight is 517 g/mol. The lowest BCUT2D eigenvalue weighted by Crippen LogP contribution is -2.36. The summed E-state index contributed by atoms with van der Waals surface area (Å²) in [5, 5.41) is 8.76. The molecule has 0 aliphatic carbocycles. The van der Waals surface area contributed by atoms with Crippen LogP contribution >= 0.6 is 0 Å². The van der Waals surface area contributed by atoms with Crippen molar-refractivity contribution in [1.29, 1.82) is 0 Å². The standard InChI is InChI=1S/C30H40N6O2/c1-2-3-4-5-8-21-36(30(38)34-27-19-15-25(32)16-20-27)22-9-11-23-10-6-7-12-28(23)35-29(37)33-26-17-13-24(31)14-18-26/h6-7,10,12-20H,2-5,8-9,11,21-22,31-32H2,1H3,(H,34,38)(H2,33,35,37). The van der Waals surface area contributed by atoms with E-state index >= 15 is 0 Å². The second kappa shape index (κ2) is 15.1. The molecule has 4 amide bonds. The number of carbonyl (C=O) groups excluding carboxylic acids is 2. The van der Waals surface area contributed by atoms with Crippen LogP contribution in [0.4, 0.5) is 38.0 Å². The number of para-hydroxylation sites is 1. The number of hydrogen-bond acceptors (Lipinski definition) is 4. The van der Waals surface area contributed by atoms with E-state index in [-0.39, 0.29) is 12.1 Å². The van der Waals surface area contributed by atoms with E-state index in [4.69, 9.17) is 11.5 Å². The average Bonchev–Trinajstić information content (AvgIpc) is 2.91. The number of nitrogens with one attached hydrogen (secondary N) is 3. The molecule has 0 saturated heterocycles. The smallest absolute Gasteiger partial charge is 0.323 e. The van der Waals surface area contributed by atoms with Gasteiger partial charge in [-0.05, 0) is 79.4 Å². The second-order valence-electron chi connectivity index (χ2n) is 9.42. The molecular weight excluding hydrogens is 476 g/mol. The van der Waals surface area contributed by atoms with Crippen LogP contribution in [0.25, 0.3) is 0 Å². The van der Waals surface area contributed by atoms with Crippen molar-refractivity contribution in [3.8, 4) is 0 Å². The number of unbranched alkanes of at least 4 members (excludes halogenated alkanes) is 4. The van der Waals surface area contributed by atoms with Crippen LogP contribution in [-0.2, 0) is 6.42 Å². The Morgan fingerprint density at radius 2 is 1.26 bits per heavy atom. The summed E-state index contributed by atoms with van der Waals surface area (Å²) in [6.07, 6.45) is 7.15. The quantitative estimate of drug-likeness (QED) is 0.125. The van der Waals surface area contributed by atoms with Gasteiger partial charge in [0.15, 0.2) is 0 Å². The molecule has 0 radical (unpaired) electrons. The van der Waals surface area contributed by atoms with Gasteiger partial charge in [0.2, 0.25) is 0 Å². The predicted molar refractivity (Wildman–Crippen MR) is 158 cm³/mol. The largest absolute Gasteiger partial charge is 0.399 e. The molecule has 7 N–H and O–H groups in total. The normalized spacial score (nSPS) is 10.6. The number of nitrogen functional groups attached to an aromatic ring is 2. The summed E-state index contributed by atoms with van der Waals surface area (Å²) in [4.78, 5) is 27.5. The summed E-state index contributed by atoms with van der Waals surface area (Å²) in [7, 11) is 0. The Balaban J connectivity index is 1.57. The van der Waals surface area contributed by atoms with Crippen LogP contribution in [0.15, 0.2) is 72.8 Å². The Bertz CT molecular complexity index is 1150. The van der Waals surface area contributed by atoms with Gasteiger partial charge in [0.25, 0.3) is 0 Å². The molecule has 0 spiro atoms. The Morgan fingerprint density at radius 1 is 0.684 bits per heavy atom. The fraction of sp³-hybridized carbons (Fsp3) is 0.333. The Labute approximate surface area is 225 Å². The molecule has 0 aliphatic heterocycles. The van der Waals surface area contributed by atoms with Crippen molar-refractivity contribution in [3.05, 3.63) is 78.4 Å². The van der Waals surface area contributed by atoms with Crippen LogP contribution in [0.2, 0.25) is 0 Å². The fourth-order valence-corrected chi connectivity index (χ4v) is 4.16. The highest BCUT2D eigenvalue weighted by molar-refractivity contribution is 6.00. The molecule has 0 aliphatic rings. The minimum Gasteiger partial charge on any atom is -0.399 e. The molecule has 0 atom stereocenters. The van der Waals surface area contributed by atoms with E-state index in [0.717, 1.165) is 42.6 Å². The van der Waals surface area contributed by atoms with Crippen molar-refractivity contribution in [2.75, 3.05) is 40.5 Å². The van der Waals surface area contributed by atoms with E-state index in [2.05, 4.69) is 22.9 Å². The van der Waals surface area contributed by atoms with Gasteiger partial charge in [-0.2, -0.15) is 0 Å². The first-order chi connectivity index (χ1) is 18.4. The minimum absolute atomic E-state index is 0.112. The van der Waals surface area contributed by atoms with Gasteiger partial charge >= 0.3 is 12.1 Å². The fourth-order valence-electron chi connectivity index (χ4n) is 4.16. The minimum atomic E-state index is -0.321. The van der Waals surface area contributed by atoms with E-state index in [1.807, 2.05) is 41.3 Å². The molecule has 0 saturated carbocycles. The SMILES string of the molecule is CCCCCCCN(CCCc1ccccc1NC(=O)Nc1ccc(N)cc1)C(=O)Nc1ccc(N)cc1. The van der Waals surface area contributed by atoms with Crippen LogP contribution in [0.1, 0.15) is 51.0 Å². The maximum atomic E-state index is 13.1. The van der Waals surface area contributed by atoms with Crippen LogP contribution in [-0.4, -0.2) is 30.1 Å². The number of urea groups is 2. The third-order valence-electron chi connectivity index (χ3n) is 6.29. The summed E-state index contributed by atoms with van der Waals surface area (Å²) in [5.41, 5.74) is 15.9. The maximum absolute atomic E-state index is 13.1. The molecule has 3 aromatic carbocycles. The molecule has 8 heteroatoms. The number of anilines is 5. The molecule has 38 heavy (non-hydrogen) atoms. The van der Waals surface area contributed by atoms with Gasteiger partial charge in [-0.1, -0.05) is 50.8 Å². The number of aryl methyl sites for hydroxylation is 1. The molecule has 0 aromatic heterocycles. The van der Waals surface area contributed by atoms with Crippen molar-refractivity contribution in [2.45, 2.75) is 51.9 Å². The van der Waals surface area contributed by atoms with Crippen molar-refractivity contribution < 1.29 is 9.59 Å². The molecule has 0 heterocycles. The highest BCUT2D eigenvalue weighted by atomic mass is 16.2. The van der Waals surface area contributed by atoms with Crippen molar-refractivity contribution >= 4 is 40.5 Å². The number of nitrogens with two attached hydrogens (primary N) is 2. The molecule has 8 nitrogen and oxygen atoms in total. The van der Waals surface area contributed by atoms with Gasteiger partial charge in [-0.15, -0.1) is 0 Å². The molecule has 0 bridgehead atoms. The zero-order valence-electron chi connectivity index (χ0n) is 22.2. The molecule has 3 rings (SSSR count). The zero-order chi connectivity index (χ0) is 27.2. The van der Waals surface area contributed by atoms with E-state index < -0.39 is 0 Å². The number of amides is 4. The van der Waals surface area contributed by atoms with E-state index in [1.54, 1.807) is 36.4 Å². The highest BCUT2D eigenvalue weighted by Crippen LogP contribution is 2.19. The zero-order valence-corrected chi connectivity index (χ0v) is 22.2. The summed E-state index contributed by atoms with van der Waals surface area (Å²) < 4.78 is 0. The van der Waals surface area contributed by atoms with Crippen LogP contribution in [0.5, 0.6) is 0 Å². The molecule has 202 valence electrons. The monoisotopic (exact) mass is 516 g/mol. The number of carbonyl (C=O) groups is 2. The summed E-state index contributed by atoms with van der Waals surface area (Å²) in [5.74, 6) is 0. The van der Waals surface area contributed by atoms with Gasteiger partial charge in [0.05, 0.1) is 0 Å². The van der Waals surface area contributed by atoms with E-state index in [9.17, 15) is 9.59 Å². The lowest BCUT2D eigenvalue weighted by Gasteiger charge is -2.23. The van der Waals surface area contributed by atoms with Crippen LogP contribution in [0, 0.1) is 0 Å². The third kappa shape index (κ3) is 9.69. The number of nitrogens with zero attached hydrogens (tertiary/aromatic N) is 1. The number of rotatable bonds is 13. The van der Waals surface area contributed by atoms with Crippen molar-refractivity contribution in [3.63, 3.8) is 0 Å². The van der Waals surface area contributed by atoms with E-state index in [1.165, 1.54) is 19.3 Å². The third-order valence-corrected chi connectivity index (χ3v) is 6.29. The Kier molecular flexibility index (Phi) is 11.3. The summed E-state index contributed by atoms with van der Waals surface area (Å²) >= 11 is 0. The molecule has 0 fully saturated rings. The first kappa shape index (κ1) is 28.4. The van der Waals surface area contributed by atoms with Gasteiger partial charge < -0.3 is 32.3 Å². The van der Waals surface area contributed by atoms with Gasteiger partial charge in [0, 0.05) is 41.5 Å². The van der Waals surface area contributed by atoms with Crippen LogP contribution in [0.3, 0.4) is 0 Å². The first-order valence-corrected chi connectivity index (χ1v) is 13.4. The van der Waals surface area contributed by atoms with Gasteiger partial charge in [0.1, 0.15) is 0 Å². The lowest BCUT2D eigenvalue weighted by atomic mass is 10.1.